The highest BCUT2D eigenvalue weighted by Crippen LogP contribution is 2.42. The molecule has 0 atom stereocenters. The number of amides is 2. The lowest BCUT2D eigenvalue weighted by Gasteiger charge is -2.28. The maximum absolute atomic E-state index is 13.7. The van der Waals surface area contributed by atoms with Gasteiger partial charge in [0, 0.05) is 25.9 Å². The number of nitrogens with one attached hydrogen (secondary N) is 2. The zero-order valence-electron chi connectivity index (χ0n) is 19.4. The van der Waals surface area contributed by atoms with Crippen LogP contribution in [-0.4, -0.2) is 35.6 Å². The quantitative estimate of drug-likeness (QED) is 0.436. The van der Waals surface area contributed by atoms with Crippen molar-refractivity contribution in [3.05, 3.63) is 108 Å². The molecule has 0 spiro atoms. The maximum Gasteiger partial charge on any atom is 0.243 e. The molecule has 1 saturated heterocycles. The molecule has 0 bridgehead atoms. The second-order valence-electron chi connectivity index (χ2n) is 8.76. The molecule has 0 radical (unpaired) electrons. The van der Waals surface area contributed by atoms with Crippen LogP contribution in [0.5, 0.6) is 0 Å². The fourth-order valence-electron chi connectivity index (χ4n) is 4.69. The third-order valence-electron chi connectivity index (χ3n) is 6.52. The van der Waals surface area contributed by atoms with Gasteiger partial charge in [-0.1, -0.05) is 91.0 Å². The predicted molar refractivity (Wildman–Crippen MR) is 135 cm³/mol. The van der Waals surface area contributed by atoms with E-state index < -0.39 is 5.41 Å². The van der Waals surface area contributed by atoms with Gasteiger partial charge in [-0.05, 0) is 36.0 Å². The molecule has 3 aromatic carbocycles. The van der Waals surface area contributed by atoms with Crippen LogP contribution in [0.15, 0.2) is 91.0 Å². The Hall–Kier alpha value is -3.73. The number of likely N-dealkylation sites (tertiary alicyclic amines) is 1. The Labute approximate surface area is 201 Å². The lowest BCUT2D eigenvalue weighted by atomic mass is 9.73. The Morgan fingerprint density at radius 1 is 0.853 bits per heavy atom. The molecule has 1 fully saturated rings. The number of nitrogens with zero attached hydrogens (tertiary/aromatic N) is 1. The molecule has 0 aliphatic carbocycles. The molecule has 34 heavy (non-hydrogen) atoms. The smallest absolute Gasteiger partial charge is 0.243 e. The molecule has 2 N–H and O–H groups in total. The van der Waals surface area contributed by atoms with E-state index in [0.717, 1.165) is 36.0 Å². The van der Waals surface area contributed by atoms with E-state index in [4.69, 9.17) is 5.41 Å². The van der Waals surface area contributed by atoms with Crippen LogP contribution >= 0.6 is 0 Å². The molecular formula is C29H31N3O2. The standard InChI is InChI=1S/C29H31N3O2/c30-26-22-29(24-14-6-2-7-15-24,25-16-8-3-9-17-25)28(34)32(26)21-11-10-20-31-27(33)19-18-23-12-4-1-5-13-23/h1-9,12-17,30H,10-11,18-22H2,(H,31,33). The van der Waals surface area contributed by atoms with E-state index in [2.05, 4.69) is 5.32 Å². The van der Waals surface area contributed by atoms with Gasteiger partial charge in [-0.25, -0.2) is 0 Å². The third-order valence-corrected chi connectivity index (χ3v) is 6.52. The summed E-state index contributed by atoms with van der Waals surface area (Å²) in [6.07, 6.45) is 3.05. The number of aryl methyl sites for hydroxylation is 1. The first-order valence-electron chi connectivity index (χ1n) is 11.9. The van der Waals surface area contributed by atoms with Crippen LogP contribution in [0.25, 0.3) is 0 Å². The summed E-state index contributed by atoms with van der Waals surface area (Å²) in [6.45, 7) is 1.06. The van der Waals surface area contributed by atoms with Gasteiger partial charge in [0.05, 0.1) is 0 Å². The summed E-state index contributed by atoms with van der Waals surface area (Å²) in [4.78, 5) is 27.5. The molecule has 0 aromatic heterocycles. The fraction of sp³-hybridized carbons (Fsp3) is 0.276. The van der Waals surface area contributed by atoms with E-state index >= 15 is 0 Å². The van der Waals surface area contributed by atoms with Crippen LogP contribution in [0.1, 0.15) is 42.4 Å². The lowest BCUT2D eigenvalue weighted by molar-refractivity contribution is -0.129. The van der Waals surface area contributed by atoms with Gasteiger partial charge in [0.1, 0.15) is 11.3 Å². The average Bonchev–Trinajstić information content (AvgIpc) is 3.14. The van der Waals surface area contributed by atoms with Gasteiger partial charge in [-0.15, -0.1) is 0 Å². The Balaban J connectivity index is 1.32. The second kappa shape index (κ2) is 10.9. The summed E-state index contributed by atoms with van der Waals surface area (Å²) < 4.78 is 0. The molecule has 1 heterocycles. The van der Waals surface area contributed by atoms with Crippen molar-refractivity contribution >= 4 is 17.6 Å². The van der Waals surface area contributed by atoms with Gasteiger partial charge in [0.15, 0.2) is 0 Å². The van der Waals surface area contributed by atoms with Crippen LogP contribution in [0.3, 0.4) is 0 Å². The van der Waals surface area contributed by atoms with Gasteiger partial charge in [0.25, 0.3) is 0 Å². The molecule has 174 valence electrons. The monoisotopic (exact) mass is 453 g/mol. The zero-order chi connectivity index (χ0) is 23.8. The van der Waals surface area contributed by atoms with Gasteiger partial charge in [-0.2, -0.15) is 0 Å². The van der Waals surface area contributed by atoms with E-state index in [1.54, 1.807) is 4.90 Å². The van der Waals surface area contributed by atoms with Crippen molar-refractivity contribution in [1.82, 2.24) is 10.2 Å². The highest BCUT2D eigenvalue weighted by atomic mass is 16.2. The largest absolute Gasteiger partial charge is 0.356 e. The molecule has 5 heteroatoms. The Morgan fingerprint density at radius 3 is 2.00 bits per heavy atom. The summed E-state index contributed by atoms with van der Waals surface area (Å²) in [5.41, 5.74) is 2.14. The van der Waals surface area contributed by atoms with E-state index in [9.17, 15) is 9.59 Å². The highest BCUT2D eigenvalue weighted by Gasteiger charge is 2.51. The molecule has 0 unspecified atom stereocenters. The van der Waals surface area contributed by atoms with E-state index in [-0.39, 0.29) is 11.8 Å². The van der Waals surface area contributed by atoms with Crippen molar-refractivity contribution in [1.29, 1.82) is 5.41 Å². The molecule has 2 amide bonds. The molecule has 3 aromatic rings. The van der Waals surface area contributed by atoms with Gasteiger partial charge in [0.2, 0.25) is 11.8 Å². The Bertz CT molecular complexity index is 1070. The van der Waals surface area contributed by atoms with Crippen LogP contribution in [-0.2, 0) is 21.4 Å². The van der Waals surface area contributed by atoms with Crippen molar-refractivity contribution in [3.63, 3.8) is 0 Å². The molecule has 1 aliphatic heterocycles. The maximum atomic E-state index is 13.7. The first-order chi connectivity index (χ1) is 16.6. The fourth-order valence-corrected chi connectivity index (χ4v) is 4.69. The van der Waals surface area contributed by atoms with Crippen molar-refractivity contribution in [2.75, 3.05) is 13.1 Å². The zero-order valence-corrected chi connectivity index (χ0v) is 19.4. The predicted octanol–water partition coefficient (Wildman–Crippen LogP) is 4.71. The van der Waals surface area contributed by atoms with E-state index in [1.807, 2.05) is 91.0 Å². The highest BCUT2D eigenvalue weighted by molar-refractivity contribution is 6.12. The number of carbonyl (C=O) groups excluding carboxylic acids is 2. The topological polar surface area (TPSA) is 73.3 Å². The number of unbranched alkanes of at least 4 members (excludes halogenated alkanes) is 1. The van der Waals surface area contributed by atoms with Crippen LogP contribution in [0.2, 0.25) is 0 Å². The van der Waals surface area contributed by atoms with Gasteiger partial charge >= 0.3 is 0 Å². The number of rotatable bonds is 10. The normalized spacial score (nSPS) is 14.9. The number of hydrogen-bond acceptors (Lipinski definition) is 3. The number of carbonyl (C=O) groups is 2. The lowest BCUT2D eigenvalue weighted by Crippen LogP contribution is -2.40. The first kappa shape index (κ1) is 23.4. The van der Waals surface area contributed by atoms with Crippen molar-refractivity contribution in [3.8, 4) is 0 Å². The average molecular weight is 454 g/mol. The van der Waals surface area contributed by atoms with Crippen LogP contribution in [0.4, 0.5) is 0 Å². The third kappa shape index (κ3) is 5.09. The Morgan fingerprint density at radius 2 is 1.41 bits per heavy atom. The molecule has 0 saturated carbocycles. The van der Waals surface area contributed by atoms with Crippen LogP contribution < -0.4 is 5.32 Å². The number of benzene rings is 3. The molecule has 4 rings (SSSR count). The first-order valence-corrected chi connectivity index (χ1v) is 11.9. The molecule has 1 aliphatic rings. The summed E-state index contributed by atoms with van der Waals surface area (Å²) in [5.74, 6) is 0.354. The van der Waals surface area contributed by atoms with Crippen molar-refractivity contribution in [2.45, 2.75) is 37.5 Å². The summed E-state index contributed by atoms with van der Waals surface area (Å²) in [6, 6.07) is 29.6. The number of hydrogen-bond donors (Lipinski definition) is 2. The minimum Gasteiger partial charge on any atom is -0.356 e. The summed E-state index contributed by atoms with van der Waals surface area (Å²) >= 11 is 0. The Kier molecular flexibility index (Phi) is 7.53. The summed E-state index contributed by atoms with van der Waals surface area (Å²) in [5, 5.41) is 11.6. The second-order valence-corrected chi connectivity index (χ2v) is 8.76. The molecular weight excluding hydrogens is 422 g/mol. The minimum atomic E-state index is -0.856. The van der Waals surface area contributed by atoms with Crippen LogP contribution in [0, 0.1) is 5.41 Å². The summed E-state index contributed by atoms with van der Waals surface area (Å²) in [7, 11) is 0. The van der Waals surface area contributed by atoms with E-state index in [1.165, 1.54) is 0 Å². The van der Waals surface area contributed by atoms with Crippen molar-refractivity contribution < 1.29 is 9.59 Å². The SMILES string of the molecule is N=C1CC(c2ccccc2)(c2ccccc2)C(=O)N1CCCCNC(=O)CCc1ccccc1. The van der Waals surface area contributed by atoms with Gasteiger partial charge in [-0.3, -0.25) is 19.9 Å². The van der Waals surface area contributed by atoms with E-state index in [0.29, 0.717) is 31.8 Å². The van der Waals surface area contributed by atoms with Gasteiger partial charge < -0.3 is 5.32 Å². The number of amidine groups is 1. The van der Waals surface area contributed by atoms with Crippen molar-refractivity contribution in [2.24, 2.45) is 0 Å². The molecule has 5 nitrogen and oxygen atoms in total. The minimum absolute atomic E-state index is 0.0400.